The number of anilines is 1. The van der Waals surface area contributed by atoms with Crippen LogP contribution in [-0.4, -0.2) is 34.9 Å². The molecule has 0 unspecified atom stereocenters. The molecule has 154 valence electrons. The summed E-state index contributed by atoms with van der Waals surface area (Å²) in [5, 5.41) is 0. The normalized spacial score (nSPS) is 18.8. The van der Waals surface area contributed by atoms with Gasteiger partial charge in [0, 0.05) is 30.7 Å². The van der Waals surface area contributed by atoms with Crippen LogP contribution in [0.15, 0.2) is 79.1 Å². The molecule has 1 aliphatic carbocycles. The zero-order chi connectivity index (χ0) is 20.4. The number of aromatic nitrogens is 1. The van der Waals surface area contributed by atoms with Crippen LogP contribution in [-0.2, 0) is 6.54 Å². The summed E-state index contributed by atoms with van der Waals surface area (Å²) in [6, 6.07) is 23.1. The van der Waals surface area contributed by atoms with E-state index in [-0.39, 0.29) is 11.9 Å². The first-order valence-corrected chi connectivity index (χ1v) is 11.0. The Morgan fingerprint density at radius 1 is 0.967 bits per heavy atom. The number of rotatable bonds is 5. The maximum absolute atomic E-state index is 13.3. The van der Waals surface area contributed by atoms with Crippen molar-refractivity contribution in [3.05, 3.63) is 90.3 Å². The molecule has 1 aliphatic heterocycles. The number of carbonyl (C=O) groups excluding carboxylic acids is 1. The molecule has 1 N–H and O–H groups in total. The maximum atomic E-state index is 13.3. The van der Waals surface area contributed by atoms with Gasteiger partial charge in [0.2, 0.25) is 0 Å². The van der Waals surface area contributed by atoms with E-state index in [2.05, 4.69) is 52.3 Å². The van der Waals surface area contributed by atoms with Gasteiger partial charge in [-0.15, -0.1) is 0 Å². The lowest BCUT2D eigenvalue weighted by atomic mass is 9.60. The third-order valence-electron chi connectivity index (χ3n) is 6.97. The summed E-state index contributed by atoms with van der Waals surface area (Å²) in [4.78, 5) is 20.9. The van der Waals surface area contributed by atoms with Crippen LogP contribution in [0.4, 0.5) is 5.69 Å². The van der Waals surface area contributed by atoms with Gasteiger partial charge in [0.1, 0.15) is 0 Å². The topological polar surface area (TPSA) is 39.3 Å². The van der Waals surface area contributed by atoms with Gasteiger partial charge in [0.15, 0.2) is 0 Å². The minimum Gasteiger partial charge on any atom is -0.367 e. The van der Waals surface area contributed by atoms with E-state index in [0.717, 1.165) is 43.7 Å². The van der Waals surface area contributed by atoms with Gasteiger partial charge >= 0.3 is 0 Å². The Morgan fingerprint density at radius 2 is 1.63 bits per heavy atom. The number of benzene rings is 2. The van der Waals surface area contributed by atoms with Crippen LogP contribution >= 0.6 is 0 Å². The van der Waals surface area contributed by atoms with E-state index >= 15 is 0 Å². The lowest BCUT2D eigenvalue weighted by molar-refractivity contribution is 0.0128. The average Bonchev–Trinajstić information content (AvgIpc) is 3.30. The molecule has 3 aromatic rings. The molecule has 4 heteroatoms. The van der Waals surface area contributed by atoms with Gasteiger partial charge in [-0.3, -0.25) is 9.69 Å². The number of aromatic amines is 1. The van der Waals surface area contributed by atoms with Gasteiger partial charge in [0.05, 0.1) is 5.56 Å². The molecule has 1 spiro atoms. The second kappa shape index (κ2) is 8.11. The number of nitrogens with zero attached hydrogens (tertiary/aromatic N) is 2. The fourth-order valence-corrected chi connectivity index (χ4v) is 5.24. The van der Waals surface area contributed by atoms with E-state index in [0.29, 0.717) is 5.41 Å². The van der Waals surface area contributed by atoms with Crippen LogP contribution in [0, 0.1) is 5.41 Å². The molecule has 1 aromatic heterocycles. The quantitative estimate of drug-likeness (QED) is 0.648. The zero-order valence-corrected chi connectivity index (χ0v) is 17.3. The van der Waals surface area contributed by atoms with Crippen LogP contribution in [0.1, 0.15) is 41.6 Å². The van der Waals surface area contributed by atoms with Crippen molar-refractivity contribution in [2.24, 2.45) is 5.41 Å². The maximum Gasteiger partial charge on any atom is 0.260 e. The molecule has 2 aromatic carbocycles. The Morgan fingerprint density at radius 3 is 2.27 bits per heavy atom. The number of hydrogen-bond donors (Lipinski definition) is 1. The third kappa shape index (κ3) is 3.80. The summed E-state index contributed by atoms with van der Waals surface area (Å²) in [5.41, 5.74) is 3.54. The highest BCUT2D eigenvalue weighted by Gasteiger charge is 2.49. The van der Waals surface area contributed by atoms with Gasteiger partial charge in [-0.2, -0.15) is 0 Å². The van der Waals surface area contributed by atoms with Gasteiger partial charge in [-0.05, 0) is 68.0 Å². The van der Waals surface area contributed by atoms with Gasteiger partial charge in [0.25, 0.3) is 5.91 Å². The molecule has 5 rings (SSSR count). The van der Waals surface area contributed by atoms with E-state index in [9.17, 15) is 4.79 Å². The van der Waals surface area contributed by atoms with Crippen LogP contribution in [0.3, 0.4) is 0 Å². The van der Waals surface area contributed by atoms with E-state index < -0.39 is 0 Å². The number of likely N-dealkylation sites (tertiary alicyclic amines) is 1. The number of amides is 1. The SMILES string of the molecule is O=C(c1cc[nH]c1)N(c1ccccc1)C1CC2(CCN(Cc3ccccc3)CC2)C1. The van der Waals surface area contributed by atoms with E-state index in [1.165, 1.54) is 18.4 Å². The number of carbonyl (C=O) groups is 1. The van der Waals surface area contributed by atoms with Crippen molar-refractivity contribution in [2.45, 2.75) is 38.3 Å². The van der Waals surface area contributed by atoms with E-state index in [1.54, 1.807) is 6.20 Å². The third-order valence-corrected chi connectivity index (χ3v) is 6.97. The van der Waals surface area contributed by atoms with Crippen LogP contribution in [0.2, 0.25) is 0 Å². The Bertz CT molecular complexity index is 952. The van der Waals surface area contributed by atoms with Crippen molar-refractivity contribution >= 4 is 11.6 Å². The number of hydrogen-bond acceptors (Lipinski definition) is 2. The molecule has 0 bridgehead atoms. The Labute approximate surface area is 178 Å². The Balaban J connectivity index is 1.24. The molecule has 1 saturated carbocycles. The van der Waals surface area contributed by atoms with Crippen molar-refractivity contribution in [3.63, 3.8) is 0 Å². The lowest BCUT2D eigenvalue weighted by Gasteiger charge is -2.55. The van der Waals surface area contributed by atoms with Crippen molar-refractivity contribution in [2.75, 3.05) is 18.0 Å². The monoisotopic (exact) mass is 399 g/mol. The molecule has 0 atom stereocenters. The minimum atomic E-state index is 0.101. The second-order valence-corrected chi connectivity index (χ2v) is 8.93. The molecule has 2 aliphatic rings. The average molecular weight is 400 g/mol. The summed E-state index contributed by atoms with van der Waals surface area (Å²) in [5.74, 6) is 0.101. The Hall–Kier alpha value is -2.85. The predicted octanol–water partition coefficient (Wildman–Crippen LogP) is 5.11. The second-order valence-electron chi connectivity index (χ2n) is 8.93. The standard InChI is InChI=1S/C26H29N3O/c30-25(22-11-14-27-19-22)29(23-9-5-2-6-10-23)24-17-26(18-24)12-15-28(16-13-26)20-21-7-3-1-4-8-21/h1-11,14,19,24,27H,12-13,15-18,20H2. The molecule has 0 radical (unpaired) electrons. The predicted molar refractivity (Wildman–Crippen MR) is 120 cm³/mol. The zero-order valence-electron chi connectivity index (χ0n) is 17.3. The summed E-state index contributed by atoms with van der Waals surface area (Å²) < 4.78 is 0. The first kappa shape index (κ1) is 19.1. The molecule has 2 fully saturated rings. The van der Waals surface area contributed by atoms with Crippen LogP contribution in [0.25, 0.3) is 0 Å². The number of piperidine rings is 1. The largest absolute Gasteiger partial charge is 0.367 e. The highest BCUT2D eigenvalue weighted by Crippen LogP contribution is 2.52. The molecule has 2 heterocycles. The first-order chi connectivity index (χ1) is 14.7. The highest BCUT2D eigenvalue weighted by atomic mass is 16.2. The molecule has 30 heavy (non-hydrogen) atoms. The van der Waals surface area contributed by atoms with Crippen molar-refractivity contribution in [1.29, 1.82) is 0 Å². The van der Waals surface area contributed by atoms with E-state index in [4.69, 9.17) is 0 Å². The van der Waals surface area contributed by atoms with Gasteiger partial charge < -0.3 is 9.88 Å². The number of H-pyrrole nitrogens is 1. The summed E-state index contributed by atoms with van der Waals surface area (Å²) >= 11 is 0. The summed E-state index contributed by atoms with van der Waals surface area (Å²) in [6.07, 6.45) is 8.30. The van der Waals surface area contributed by atoms with Crippen molar-refractivity contribution in [3.8, 4) is 0 Å². The van der Waals surface area contributed by atoms with Crippen molar-refractivity contribution < 1.29 is 4.79 Å². The highest BCUT2D eigenvalue weighted by molar-refractivity contribution is 6.06. The van der Waals surface area contributed by atoms with E-state index in [1.807, 2.05) is 35.4 Å². The molecule has 4 nitrogen and oxygen atoms in total. The minimum absolute atomic E-state index is 0.101. The fraction of sp³-hybridized carbons (Fsp3) is 0.346. The smallest absolute Gasteiger partial charge is 0.260 e. The first-order valence-electron chi connectivity index (χ1n) is 11.0. The van der Waals surface area contributed by atoms with Crippen LogP contribution < -0.4 is 4.90 Å². The fourth-order valence-electron chi connectivity index (χ4n) is 5.24. The molecule has 1 saturated heterocycles. The summed E-state index contributed by atoms with van der Waals surface area (Å²) in [6.45, 7) is 3.35. The number of para-hydroxylation sites is 1. The van der Waals surface area contributed by atoms with Crippen molar-refractivity contribution in [1.82, 2.24) is 9.88 Å². The van der Waals surface area contributed by atoms with Gasteiger partial charge in [-0.1, -0.05) is 48.5 Å². The molecular weight excluding hydrogens is 370 g/mol. The summed E-state index contributed by atoms with van der Waals surface area (Å²) in [7, 11) is 0. The Kier molecular flexibility index (Phi) is 5.17. The number of nitrogens with one attached hydrogen (secondary N) is 1. The van der Waals surface area contributed by atoms with Crippen LogP contribution in [0.5, 0.6) is 0 Å². The lowest BCUT2D eigenvalue weighted by Crippen LogP contribution is -2.56. The van der Waals surface area contributed by atoms with Gasteiger partial charge in [-0.25, -0.2) is 0 Å². The molecule has 1 amide bonds. The molecular formula is C26H29N3O.